The Morgan fingerprint density at radius 2 is 1.92 bits per heavy atom. The molecule has 4 fully saturated rings. The number of carbonyl (C=O) groups is 3. The molecule has 4 aliphatic carbocycles. The van der Waals surface area contributed by atoms with E-state index in [2.05, 4.69) is 20.8 Å². The molecule has 11 nitrogen and oxygen atoms in total. The molecule has 0 spiro atoms. The van der Waals surface area contributed by atoms with Crippen molar-refractivity contribution in [2.45, 2.75) is 57.6 Å². The van der Waals surface area contributed by atoms with Crippen LogP contribution in [0.2, 0.25) is 0 Å². The summed E-state index contributed by atoms with van der Waals surface area (Å²) in [7, 11) is 1.59. The highest BCUT2D eigenvalue weighted by Crippen LogP contribution is 2.57. The lowest BCUT2D eigenvalue weighted by Gasteiger charge is -2.58. The normalized spacial score (nSPS) is 28.9. The number of hydrogen-bond donors (Lipinski definition) is 3. The summed E-state index contributed by atoms with van der Waals surface area (Å²) in [5.74, 6) is 1.08. The Morgan fingerprint density at radius 1 is 1.19 bits per heavy atom. The second kappa shape index (κ2) is 8.79. The summed E-state index contributed by atoms with van der Waals surface area (Å²) in [6, 6.07) is 1.77. The molecule has 3 amide bonds. The monoisotopic (exact) mass is 495 g/mol. The number of rotatable bonds is 7. The first-order valence-corrected chi connectivity index (χ1v) is 12.4. The van der Waals surface area contributed by atoms with Crippen LogP contribution in [-0.4, -0.2) is 56.2 Å². The molecule has 2 aromatic rings. The second-order valence-electron chi connectivity index (χ2n) is 11.0. The van der Waals surface area contributed by atoms with Gasteiger partial charge >= 0.3 is 6.09 Å². The van der Waals surface area contributed by atoms with E-state index in [1.165, 1.54) is 6.20 Å². The largest absolute Gasteiger partial charge is 0.443 e. The molecular weight excluding hydrogens is 462 g/mol. The number of nitrogens with two attached hydrogens (primary N) is 1. The minimum absolute atomic E-state index is 0.00445. The Morgan fingerprint density at radius 3 is 2.53 bits per heavy atom. The molecule has 4 N–H and O–H groups in total. The molecular formula is C25H33N7O4. The SMILES string of the molecule is CNC(=O)C(C)(C)C=Cn1ncc(C(=O)NC2C3CC4CC2CC(OC(N)=O)(C4)C3)c1-n1cccn1. The van der Waals surface area contributed by atoms with Gasteiger partial charge in [0.25, 0.3) is 5.91 Å². The van der Waals surface area contributed by atoms with Crippen LogP contribution in [0, 0.1) is 23.2 Å². The van der Waals surface area contributed by atoms with Crippen LogP contribution in [0.5, 0.6) is 0 Å². The molecule has 0 aliphatic heterocycles. The average molecular weight is 496 g/mol. The summed E-state index contributed by atoms with van der Waals surface area (Å²) in [5.41, 5.74) is 4.50. The van der Waals surface area contributed by atoms with Gasteiger partial charge in [-0.15, -0.1) is 0 Å². The van der Waals surface area contributed by atoms with Gasteiger partial charge in [0.1, 0.15) is 11.2 Å². The Balaban J connectivity index is 1.39. The van der Waals surface area contributed by atoms with Crippen LogP contribution in [0.4, 0.5) is 4.79 Å². The summed E-state index contributed by atoms with van der Waals surface area (Å²) >= 11 is 0. The lowest BCUT2D eigenvalue weighted by molar-refractivity contribution is -0.137. The molecule has 11 heteroatoms. The fourth-order valence-corrected chi connectivity index (χ4v) is 6.66. The molecule has 2 aromatic heterocycles. The summed E-state index contributed by atoms with van der Waals surface area (Å²) in [6.45, 7) is 3.60. The van der Waals surface area contributed by atoms with E-state index in [-0.39, 0.29) is 29.7 Å². The van der Waals surface area contributed by atoms with Crippen molar-refractivity contribution in [1.29, 1.82) is 0 Å². The minimum atomic E-state index is -0.770. The van der Waals surface area contributed by atoms with Crippen LogP contribution in [0.15, 0.2) is 30.7 Å². The second-order valence-corrected chi connectivity index (χ2v) is 11.0. The Labute approximate surface area is 209 Å². The fraction of sp³-hybridized carbons (Fsp3) is 0.560. The van der Waals surface area contributed by atoms with Gasteiger partial charge in [-0.25, -0.2) is 14.2 Å². The van der Waals surface area contributed by atoms with Gasteiger partial charge in [-0.1, -0.05) is 6.08 Å². The Hall–Kier alpha value is -3.63. The fourth-order valence-electron chi connectivity index (χ4n) is 6.66. The van der Waals surface area contributed by atoms with Gasteiger partial charge in [0, 0.05) is 31.7 Å². The first-order chi connectivity index (χ1) is 17.1. The summed E-state index contributed by atoms with van der Waals surface area (Å²) in [5, 5.41) is 14.7. The van der Waals surface area contributed by atoms with Gasteiger partial charge in [-0.2, -0.15) is 10.2 Å². The molecule has 2 atom stereocenters. The van der Waals surface area contributed by atoms with Gasteiger partial charge in [0.15, 0.2) is 5.82 Å². The number of aromatic nitrogens is 4. The summed E-state index contributed by atoms with van der Waals surface area (Å²) < 4.78 is 8.75. The standard InChI is InChI=1S/C25H33N7O4/c1-24(2,22(34)27-3)5-8-32-21(31-7-4-6-28-31)18(14-29-32)20(33)30-19-16-9-15-10-17(19)13-25(11-15,12-16)36-23(26)35/h4-8,14-17,19H,9-13H2,1-3H3,(H2,26,35)(H,27,34)(H,30,33). The maximum Gasteiger partial charge on any atom is 0.405 e. The van der Waals surface area contributed by atoms with Crippen molar-refractivity contribution in [1.82, 2.24) is 30.2 Å². The third kappa shape index (κ3) is 4.27. The van der Waals surface area contributed by atoms with Gasteiger partial charge < -0.3 is 21.1 Å². The predicted octanol–water partition coefficient (Wildman–Crippen LogP) is 2.08. The number of primary amides is 1. The zero-order valence-corrected chi connectivity index (χ0v) is 20.8. The Kier molecular flexibility index (Phi) is 5.88. The van der Waals surface area contributed by atoms with E-state index in [9.17, 15) is 14.4 Å². The average Bonchev–Trinajstić information content (AvgIpc) is 3.47. The van der Waals surface area contributed by atoms with Gasteiger partial charge in [0.2, 0.25) is 5.91 Å². The highest BCUT2D eigenvalue weighted by Gasteiger charge is 2.57. The molecule has 192 valence electrons. The van der Waals surface area contributed by atoms with E-state index >= 15 is 0 Å². The first-order valence-electron chi connectivity index (χ1n) is 12.4. The molecule has 6 rings (SSSR count). The van der Waals surface area contributed by atoms with Gasteiger partial charge in [-0.05, 0) is 69.8 Å². The Bertz CT molecular complexity index is 1180. The molecule has 4 bridgehead atoms. The van der Waals surface area contributed by atoms with E-state index in [1.807, 2.05) is 0 Å². The zero-order chi connectivity index (χ0) is 25.7. The smallest absolute Gasteiger partial charge is 0.405 e. The number of hydrogen-bond acceptors (Lipinski definition) is 6. The third-order valence-electron chi connectivity index (χ3n) is 8.01. The van der Waals surface area contributed by atoms with Crippen molar-refractivity contribution in [3.05, 3.63) is 36.3 Å². The number of nitrogens with zero attached hydrogens (tertiary/aromatic N) is 4. The first kappa shape index (κ1) is 24.1. The van der Waals surface area contributed by atoms with Crippen molar-refractivity contribution >= 4 is 24.1 Å². The van der Waals surface area contributed by atoms with Gasteiger partial charge in [-0.3, -0.25) is 9.59 Å². The van der Waals surface area contributed by atoms with Crippen LogP contribution >= 0.6 is 0 Å². The van der Waals surface area contributed by atoms with Crippen LogP contribution in [0.1, 0.15) is 56.3 Å². The van der Waals surface area contributed by atoms with Gasteiger partial charge in [0.05, 0.1) is 11.6 Å². The van der Waals surface area contributed by atoms with E-state index in [0.717, 1.165) is 32.1 Å². The third-order valence-corrected chi connectivity index (χ3v) is 8.01. The van der Waals surface area contributed by atoms with E-state index in [1.54, 1.807) is 61.0 Å². The van der Waals surface area contributed by atoms with Crippen molar-refractivity contribution in [3.63, 3.8) is 0 Å². The molecule has 36 heavy (non-hydrogen) atoms. The topological polar surface area (TPSA) is 146 Å². The molecule has 0 saturated heterocycles. The molecule has 0 aromatic carbocycles. The molecule has 4 aliphatic rings. The number of nitrogens with one attached hydrogen (secondary N) is 2. The van der Waals surface area contributed by atoms with Crippen molar-refractivity contribution in [2.75, 3.05) is 7.05 Å². The lowest BCUT2D eigenvalue weighted by atomic mass is 9.52. The maximum absolute atomic E-state index is 13.6. The number of amides is 3. The van der Waals surface area contributed by atoms with Crippen LogP contribution in [0.25, 0.3) is 12.0 Å². The summed E-state index contributed by atoms with van der Waals surface area (Å²) in [6.07, 6.45) is 11.9. The highest BCUT2D eigenvalue weighted by molar-refractivity contribution is 5.97. The summed E-state index contributed by atoms with van der Waals surface area (Å²) in [4.78, 5) is 37.3. The van der Waals surface area contributed by atoms with Crippen molar-refractivity contribution in [3.8, 4) is 5.82 Å². The molecule has 2 unspecified atom stereocenters. The molecule has 4 saturated carbocycles. The number of ether oxygens (including phenoxy) is 1. The van der Waals surface area contributed by atoms with Crippen molar-refractivity contribution < 1.29 is 19.1 Å². The van der Waals surface area contributed by atoms with E-state index in [4.69, 9.17) is 10.5 Å². The highest BCUT2D eigenvalue weighted by atomic mass is 16.6. The predicted molar refractivity (Wildman–Crippen MR) is 131 cm³/mol. The quantitative estimate of drug-likeness (QED) is 0.536. The van der Waals surface area contributed by atoms with E-state index < -0.39 is 17.1 Å². The zero-order valence-electron chi connectivity index (χ0n) is 20.8. The molecule has 0 radical (unpaired) electrons. The van der Waals surface area contributed by atoms with Crippen molar-refractivity contribution in [2.24, 2.45) is 28.9 Å². The minimum Gasteiger partial charge on any atom is -0.443 e. The maximum atomic E-state index is 13.6. The van der Waals surface area contributed by atoms with Crippen LogP contribution < -0.4 is 16.4 Å². The number of carbonyl (C=O) groups excluding carboxylic acids is 3. The molecule has 2 heterocycles. The van der Waals surface area contributed by atoms with E-state index in [0.29, 0.717) is 17.3 Å². The van der Waals surface area contributed by atoms with Crippen LogP contribution in [0.3, 0.4) is 0 Å². The lowest BCUT2D eigenvalue weighted by Crippen LogP contribution is -2.63. The van der Waals surface area contributed by atoms with Crippen LogP contribution in [-0.2, 0) is 9.53 Å².